The van der Waals surface area contributed by atoms with Gasteiger partial charge in [0.15, 0.2) is 17.5 Å². The van der Waals surface area contributed by atoms with Crippen molar-refractivity contribution in [1.29, 1.82) is 5.26 Å². The molecule has 2 aromatic heterocycles. The van der Waals surface area contributed by atoms with E-state index in [9.17, 15) is 5.26 Å². The SMILES string of the molecule is CC1(C)c2cc(C#N)ccc2-c2ccc(-c3cc(-c4ccc5cccnc5c4)cc(-c4nc(-c5ccccc5)nc(-c5ccccc5)n4)c3)cc21. The Morgan fingerprint density at radius 2 is 1.02 bits per heavy atom. The molecule has 1 aliphatic carbocycles. The molecule has 0 saturated carbocycles. The quantitative estimate of drug-likeness (QED) is 0.185. The topological polar surface area (TPSA) is 75.3 Å². The molecule has 0 amide bonds. The molecule has 5 heteroatoms. The molecule has 0 radical (unpaired) electrons. The molecular formula is C46H31N5. The average Bonchev–Trinajstić information content (AvgIpc) is 3.42. The molecule has 5 nitrogen and oxygen atoms in total. The van der Waals surface area contributed by atoms with Gasteiger partial charge in [-0.15, -0.1) is 0 Å². The largest absolute Gasteiger partial charge is 0.256 e. The third-order valence-corrected chi connectivity index (χ3v) is 9.97. The van der Waals surface area contributed by atoms with Crippen LogP contribution in [0.5, 0.6) is 0 Å². The lowest BCUT2D eigenvalue weighted by molar-refractivity contribution is 0.660. The van der Waals surface area contributed by atoms with E-state index < -0.39 is 0 Å². The van der Waals surface area contributed by atoms with E-state index in [1.54, 1.807) is 0 Å². The first kappa shape index (κ1) is 30.3. The second kappa shape index (κ2) is 12.0. The van der Waals surface area contributed by atoms with Gasteiger partial charge in [-0.05, 0) is 93.0 Å². The lowest BCUT2D eigenvalue weighted by atomic mass is 9.81. The summed E-state index contributed by atoms with van der Waals surface area (Å²) in [7, 11) is 0. The van der Waals surface area contributed by atoms with Gasteiger partial charge in [-0.3, -0.25) is 4.98 Å². The van der Waals surface area contributed by atoms with E-state index in [1.807, 2.05) is 85.1 Å². The second-order valence-corrected chi connectivity index (χ2v) is 13.5. The predicted molar refractivity (Wildman–Crippen MR) is 205 cm³/mol. The van der Waals surface area contributed by atoms with Crippen LogP contribution in [-0.4, -0.2) is 19.9 Å². The van der Waals surface area contributed by atoms with Crippen LogP contribution in [0.4, 0.5) is 0 Å². The highest BCUT2D eigenvalue weighted by atomic mass is 15.0. The summed E-state index contributed by atoms with van der Waals surface area (Å²) in [6, 6.07) is 52.3. The summed E-state index contributed by atoms with van der Waals surface area (Å²) in [5.74, 6) is 1.84. The summed E-state index contributed by atoms with van der Waals surface area (Å²) < 4.78 is 0. The Bertz CT molecular complexity index is 2620. The zero-order valence-electron chi connectivity index (χ0n) is 28.2. The first-order chi connectivity index (χ1) is 24.9. The first-order valence-electron chi connectivity index (χ1n) is 17.0. The highest BCUT2D eigenvalue weighted by molar-refractivity contribution is 5.89. The van der Waals surface area contributed by atoms with E-state index in [0.29, 0.717) is 23.0 Å². The number of nitriles is 1. The summed E-state index contributed by atoms with van der Waals surface area (Å²) in [6.07, 6.45) is 1.83. The summed E-state index contributed by atoms with van der Waals surface area (Å²) in [6.45, 7) is 4.49. The van der Waals surface area contributed by atoms with Crippen LogP contribution in [0.25, 0.3) is 78.4 Å². The van der Waals surface area contributed by atoms with E-state index in [1.165, 1.54) is 22.3 Å². The fraction of sp³-hybridized carbons (Fsp3) is 0.0652. The summed E-state index contributed by atoms with van der Waals surface area (Å²) in [5.41, 5.74) is 13.2. The van der Waals surface area contributed by atoms with E-state index >= 15 is 0 Å². The Morgan fingerprint density at radius 1 is 0.471 bits per heavy atom. The molecule has 0 fully saturated rings. The van der Waals surface area contributed by atoms with Gasteiger partial charge in [0.2, 0.25) is 0 Å². The molecule has 2 heterocycles. The lowest BCUT2D eigenvalue weighted by Crippen LogP contribution is -2.15. The van der Waals surface area contributed by atoms with Crippen LogP contribution in [-0.2, 0) is 5.41 Å². The highest BCUT2D eigenvalue weighted by Gasteiger charge is 2.36. The van der Waals surface area contributed by atoms with Crippen LogP contribution >= 0.6 is 0 Å². The van der Waals surface area contributed by atoms with Crippen molar-refractivity contribution in [3.63, 3.8) is 0 Å². The van der Waals surface area contributed by atoms with Crippen LogP contribution in [0, 0.1) is 11.3 Å². The van der Waals surface area contributed by atoms with E-state index in [4.69, 9.17) is 15.0 Å². The minimum atomic E-state index is -0.263. The molecule has 51 heavy (non-hydrogen) atoms. The monoisotopic (exact) mass is 653 g/mol. The maximum Gasteiger partial charge on any atom is 0.164 e. The Labute approximate surface area is 296 Å². The van der Waals surface area contributed by atoms with Gasteiger partial charge in [-0.2, -0.15) is 5.26 Å². The van der Waals surface area contributed by atoms with Gasteiger partial charge >= 0.3 is 0 Å². The average molecular weight is 654 g/mol. The molecule has 0 saturated heterocycles. The predicted octanol–water partition coefficient (Wildman–Crippen LogP) is 10.9. The van der Waals surface area contributed by atoms with E-state index in [2.05, 4.69) is 91.6 Å². The number of fused-ring (bicyclic) bond motifs is 4. The van der Waals surface area contributed by atoms with Crippen molar-refractivity contribution in [1.82, 2.24) is 19.9 Å². The van der Waals surface area contributed by atoms with Crippen LogP contribution in [0.2, 0.25) is 0 Å². The van der Waals surface area contributed by atoms with Gasteiger partial charge in [0.05, 0.1) is 17.1 Å². The molecule has 0 bridgehead atoms. The standard InChI is InChI=1S/C46H31N5/c1-46(2)40-22-29(28-47)15-19-38(40)39-20-18-33(26-41(39)46)35-23-36(34-17-16-30-14-9-21-48-42(30)27-34)25-37(24-35)45-50-43(31-10-5-3-6-11-31)49-44(51-45)32-12-7-4-8-13-32/h3-27H,1-2H3. The van der Waals surface area contributed by atoms with E-state index in [0.717, 1.165) is 49.8 Å². The number of hydrogen-bond donors (Lipinski definition) is 0. The van der Waals surface area contributed by atoms with Crippen LogP contribution < -0.4 is 0 Å². The van der Waals surface area contributed by atoms with Crippen molar-refractivity contribution in [2.24, 2.45) is 0 Å². The smallest absolute Gasteiger partial charge is 0.164 e. The molecule has 0 spiro atoms. The van der Waals surface area contributed by atoms with Crippen LogP contribution in [0.1, 0.15) is 30.5 Å². The van der Waals surface area contributed by atoms with Crippen molar-refractivity contribution in [2.75, 3.05) is 0 Å². The Kier molecular flexibility index (Phi) is 7.12. The molecule has 0 atom stereocenters. The summed E-state index contributed by atoms with van der Waals surface area (Å²) >= 11 is 0. The zero-order chi connectivity index (χ0) is 34.5. The van der Waals surface area contributed by atoms with Crippen molar-refractivity contribution >= 4 is 10.9 Å². The molecular weight excluding hydrogens is 623 g/mol. The Hall–Kier alpha value is -6.77. The zero-order valence-corrected chi connectivity index (χ0v) is 28.2. The normalized spacial score (nSPS) is 12.6. The molecule has 1 aliphatic rings. The third kappa shape index (κ3) is 5.35. The molecule has 6 aromatic carbocycles. The molecule has 0 unspecified atom stereocenters. The third-order valence-electron chi connectivity index (χ3n) is 9.97. The van der Waals surface area contributed by atoms with Crippen LogP contribution in [0.3, 0.4) is 0 Å². The first-order valence-corrected chi connectivity index (χ1v) is 17.0. The fourth-order valence-electron chi connectivity index (χ4n) is 7.26. The maximum atomic E-state index is 9.64. The van der Waals surface area contributed by atoms with Gasteiger partial charge < -0.3 is 0 Å². The molecule has 0 N–H and O–H groups in total. The van der Waals surface area contributed by atoms with Crippen molar-refractivity contribution < 1.29 is 0 Å². The number of pyridine rings is 1. The molecule has 240 valence electrons. The summed E-state index contributed by atoms with van der Waals surface area (Å²) in [5, 5.41) is 10.7. The van der Waals surface area contributed by atoms with Gasteiger partial charge in [0.25, 0.3) is 0 Å². The fourth-order valence-corrected chi connectivity index (χ4v) is 7.26. The summed E-state index contributed by atoms with van der Waals surface area (Å²) in [4.78, 5) is 19.7. The van der Waals surface area contributed by atoms with E-state index in [-0.39, 0.29) is 5.41 Å². The van der Waals surface area contributed by atoms with Crippen molar-refractivity contribution in [3.8, 4) is 73.6 Å². The van der Waals surface area contributed by atoms with Crippen molar-refractivity contribution in [2.45, 2.75) is 19.3 Å². The van der Waals surface area contributed by atoms with Crippen molar-refractivity contribution in [3.05, 3.63) is 168 Å². The number of nitrogens with zero attached hydrogens (tertiary/aromatic N) is 5. The Balaban J connectivity index is 1.25. The van der Waals surface area contributed by atoms with Gasteiger partial charge in [-0.25, -0.2) is 15.0 Å². The lowest BCUT2D eigenvalue weighted by Gasteiger charge is -2.22. The molecule has 8 aromatic rings. The van der Waals surface area contributed by atoms with Gasteiger partial charge in [0, 0.05) is 33.7 Å². The number of aromatic nitrogens is 4. The number of rotatable bonds is 5. The Morgan fingerprint density at radius 3 is 1.67 bits per heavy atom. The van der Waals surface area contributed by atoms with Gasteiger partial charge in [-0.1, -0.05) is 111 Å². The minimum Gasteiger partial charge on any atom is -0.256 e. The van der Waals surface area contributed by atoms with Crippen LogP contribution in [0.15, 0.2) is 152 Å². The molecule has 9 rings (SSSR count). The molecule has 0 aliphatic heterocycles. The number of hydrogen-bond acceptors (Lipinski definition) is 5. The second-order valence-electron chi connectivity index (χ2n) is 13.5. The number of benzene rings is 6. The maximum absolute atomic E-state index is 9.64. The minimum absolute atomic E-state index is 0.263. The highest BCUT2D eigenvalue weighted by Crippen LogP contribution is 2.50. The van der Waals surface area contributed by atoms with Gasteiger partial charge in [0.1, 0.15) is 0 Å².